The van der Waals surface area contributed by atoms with Crippen LogP contribution < -0.4 is 0 Å². The Bertz CT molecular complexity index is 1300. The van der Waals surface area contributed by atoms with Crippen LogP contribution in [0.1, 0.15) is 44.3 Å². The number of carbonyl (C=O) groups is 3. The second-order valence-corrected chi connectivity index (χ2v) is 13.9. The van der Waals surface area contributed by atoms with E-state index in [1.54, 1.807) is 6.92 Å². The zero-order valence-electron chi connectivity index (χ0n) is 22.1. The molecule has 210 valence electrons. The summed E-state index contributed by atoms with van der Waals surface area (Å²) in [5, 5.41) is 12.5. The summed E-state index contributed by atoms with van der Waals surface area (Å²) in [5.74, 6) is -1.99. The summed E-state index contributed by atoms with van der Waals surface area (Å²) in [4.78, 5) is 40.9. The minimum absolute atomic E-state index is 0.0396. The Kier molecular flexibility index (Phi) is 6.14. The molecular formula is C28H31F2NO6S2. The van der Waals surface area contributed by atoms with Crippen LogP contribution in [0.25, 0.3) is 0 Å². The molecule has 1 unspecified atom stereocenters. The number of hydrogen-bond acceptors (Lipinski definition) is 8. The first-order valence-corrected chi connectivity index (χ1v) is 14.8. The van der Waals surface area contributed by atoms with Crippen molar-refractivity contribution >= 4 is 39.2 Å². The van der Waals surface area contributed by atoms with E-state index in [0.717, 1.165) is 11.0 Å². The molecule has 0 radical (unpaired) electrons. The third-order valence-corrected chi connectivity index (χ3v) is 11.9. The van der Waals surface area contributed by atoms with Crippen molar-refractivity contribution in [3.05, 3.63) is 46.2 Å². The Balaban J connectivity index is 1.46. The highest BCUT2D eigenvalue weighted by Gasteiger charge is 2.80. The molecule has 1 saturated heterocycles. The molecular weight excluding hydrogens is 548 g/mol. The molecule has 1 aliphatic heterocycles. The molecule has 1 N–H and O–H groups in total. The average molecular weight is 580 g/mol. The quantitative estimate of drug-likeness (QED) is 0.540. The van der Waals surface area contributed by atoms with E-state index in [2.05, 4.69) is 0 Å². The van der Waals surface area contributed by atoms with Gasteiger partial charge in [0.05, 0.1) is 17.1 Å². The van der Waals surface area contributed by atoms with Gasteiger partial charge in [-0.25, -0.2) is 8.78 Å². The summed E-state index contributed by atoms with van der Waals surface area (Å²) < 4.78 is 46.1. The van der Waals surface area contributed by atoms with E-state index in [0.29, 0.717) is 11.8 Å². The molecule has 0 aromatic carbocycles. The number of thiophene rings is 1. The number of ketones is 1. The fourth-order valence-electron chi connectivity index (χ4n) is 8.10. The Hall–Kier alpha value is -1.92. The fraction of sp³-hybridized carbons (Fsp3) is 0.607. The van der Waals surface area contributed by atoms with Crippen LogP contribution in [0.5, 0.6) is 0 Å². The predicted molar refractivity (Wildman–Crippen MR) is 141 cm³/mol. The topological polar surface area (TPSA) is 93.1 Å². The normalized spacial score (nSPS) is 46.1. The molecule has 1 aromatic heterocycles. The number of thioether (sulfide) groups is 1. The lowest BCUT2D eigenvalue weighted by Gasteiger charge is -2.63. The van der Waals surface area contributed by atoms with Gasteiger partial charge >= 0.3 is 0 Å². The molecule has 4 fully saturated rings. The second-order valence-electron chi connectivity index (χ2n) is 12.0. The first-order chi connectivity index (χ1) is 18.3. The highest BCUT2D eigenvalue weighted by Crippen LogP contribution is 2.73. The summed E-state index contributed by atoms with van der Waals surface area (Å²) >= 11 is 1.92. The third-order valence-electron chi connectivity index (χ3n) is 9.99. The minimum Gasteiger partial charge on any atom is -0.390 e. The number of alkyl halides is 2. The molecule has 0 spiro atoms. The van der Waals surface area contributed by atoms with Gasteiger partial charge in [0.1, 0.15) is 6.17 Å². The molecule has 2 heterocycles. The number of nitrogens with zero attached hydrogens (tertiary/aromatic N) is 1. The first kappa shape index (κ1) is 27.3. The number of fused-ring (bicyclic) bond motifs is 7. The smallest absolute Gasteiger partial charge is 0.288 e. The van der Waals surface area contributed by atoms with E-state index in [-0.39, 0.29) is 24.8 Å². The fourth-order valence-corrected chi connectivity index (χ4v) is 9.69. The lowest BCUT2D eigenvalue weighted by molar-refractivity contribution is -0.232. The van der Waals surface area contributed by atoms with Crippen molar-refractivity contribution in [1.82, 2.24) is 4.90 Å². The molecule has 5 aliphatic rings. The molecule has 7 nitrogen and oxygen atoms in total. The van der Waals surface area contributed by atoms with E-state index >= 15 is 8.78 Å². The van der Waals surface area contributed by atoms with Crippen LogP contribution in [0.3, 0.4) is 0 Å². The van der Waals surface area contributed by atoms with Crippen molar-refractivity contribution < 1.29 is 37.7 Å². The van der Waals surface area contributed by atoms with Crippen molar-refractivity contribution in [3.63, 3.8) is 0 Å². The number of aliphatic hydroxyl groups is 1. The molecule has 0 bridgehead atoms. The monoisotopic (exact) mass is 579 g/mol. The van der Waals surface area contributed by atoms with Gasteiger partial charge in [-0.05, 0) is 61.3 Å². The summed E-state index contributed by atoms with van der Waals surface area (Å²) in [6.45, 7) is 3.31. The van der Waals surface area contributed by atoms with Gasteiger partial charge in [-0.3, -0.25) is 14.4 Å². The van der Waals surface area contributed by atoms with Crippen molar-refractivity contribution in [2.24, 2.45) is 22.7 Å². The van der Waals surface area contributed by atoms with E-state index in [1.165, 1.54) is 49.4 Å². The number of aliphatic hydroxyl groups excluding tert-OH is 1. The lowest BCUT2D eigenvalue weighted by atomic mass is 9.44. The van der Waals surface area contributed by atoms with E-state index < -0.39 is 74.7 Å². The molecule has 4 aliphatic carbocycles. The van der Waals surface area contributed by atoms with Gasteiger partial charge in [0.15, 0.2) is 23.3 Å². The molecule has 39 heavy (non-hydrogen) atoms. The standard InChI is InChI=1S/C28H31F2NO6S2/c1-25-8-7-14(32)10-17(25)18(29)11-16-15-12-21-28(23(34)39-24(35)31(3)4,26(15,2)13-20(33)27(16,25)30)37-22(36-21)19-6-5-9-38-19/h5-10,15-16,18,20-22,33H,11-13H2,1-4H3/t15-,16-,18-,20-,21+,22?,25-,26-,27-,28-/m0/s1. The SMILES string of the molecule is CN(C)C(=O)SC(=O)[C@@]12OC(c3cccs3)O[C@@H]1C[C@H]1[C@@H]3C[C@H](F)C4=CC(=O)C=C[C@]4(C)[C@@]3(F)[C@@H](O)C[C@@]12C. The molecule has 10 atom stereocenters. The predicted octanol–water partition coefficient (Wildman–Crippen LogP) is 4.77. The van der Waals surface area contributed by atoms with Crippen LogP contribution in [0, 0.1) is 22.7 Å². The van der Waals surface area contributed by atoms with Gasteiger partial charge < -0.3 is 19.5 Å². The van der Waals surface area contributed by atoms with Gasteiger partial charge in [0.2, 0.25) is 5.12 Å². The summed E-state index contributed by atoms with van der Waals surface area (Å²) in [7, 11) is 3.08. The maximum atomic E-state index is 17.5. The van der Waals surface area contributed by atoms with E-state index in [1.807, 2.05) is 17.5 Å². The van der Waals surface area contributed by atoms with Gasteiger partial charge in [-0.1, -0.05) is 19.1 Å². The van der Waals surface area contributed by atoms with Crippen LogP contribution in [0.4, 0.5) is 13.6 Å². The molecule has 1 aromatic rings. The number of ether oxygens (including phenoxy) is 2. The molecule has 11 heteroatoms. The third kappa shape index (κ3) is 3.40. The summed E-state index contributed by atoms with van der Waals surface area (Å²) in [5.41, 5.74) is -6.60. The second kappa shape index (κ2) is 8.79. The van der Waals surface area contributed by atoms with Crippen LogP contribution >= 0.6 is 23.1 Å². The molecule has 6 rings (SSSR count). The van der Waals surface area contributed by atoms with Gasteiger partial charge in [0, 0.05) is 42.6 Å². The largest absolute Gasteiger partial charge is 0.390 e. The van der Waals surface area contributed by atoms with E-state index in [4.69, 9.17) is 9.47 Å². The zero-order valence-corrected chi connectivity index (χ0v) is 23.7. The van der Waals surface area contributed by atoms with Gasteiger partial charge in [-0.15, -0.1) is 11.3 Å². The minimum atomic E-state index is -2.29. The van der Waals surface area contributed by atoms with Gasteiger partial charge in [-0.2, -0.15) is 0 Å². The molecule has 3 saturated carbocycles. The van der Waals surface area contributed by atoms with Crippen molar-refractivity contribution in [2.45, 2.75) is 69.0 Å². The van der Waals surface area contributed by atoms with Crippen LogP contribution in [0.2, 0.25) is 0 Å². The molecule has 1 amide bonds. The Morgan fingerprint density at radius 1 is 1.23 bits per heavy atom. The number of allylic oxidation sites excluding steroid dienone is 4. The number of rotatable bonds is 2. The zero-order chi connectivity index (χ0) is 28.1. The van der Waals surface area contributed by atoms with Gasteiger partial charge in [0.25, 0.3) is 5.24 Å². The summed E-state index contributed by atoms with van der Waals surface area (Å²) in [6.07, 6.45) is -1.30. The average Bonchev–Trinajstić information content (AvgIpc) is 3.58. The first-order valence-electron chi connectivity index (χ1n) is 13.1. The Morgan fingerprint density at radius 2 is 1.97 bits per heavy atom. The Labute approximate surface area is 233 Å². The summed E-state index contributed by atoms with van der Waals surface area (Å²) in [6, 6.07) is 3.67. The van der Waals surface area contributed by atoms with Crippen molar-refractivity contribution in [1.29, 1.82) is 0 Å². The Morgan fingerprint density at radius 3 is 2.64 bits per heavy atom. The van der Waals surface area contributed by atoms with Crippen LogP contribution in [-0.4, -0.2) is 69.9 Å². The maximum absolute atomic E-state index is 17.5. The lowest BCUT2D eigenvalue weighted by Crippen LogP contribution is -2.70. The van der Waals surface area contributed by atoms with Crippen molar-refractivity contribution in [2.75, 3.05) is 14.1 Å². The van der Waals surface area contributed by atoms with Crippen LogP contribution in [-0.2, 0) is 19.1 Å². The van der Waals surface area contributed by atoms with E-state index in [9.17, 15) is 19.5 Å². The number of hydrogen-bond donors (Lipinski definition) is 1. The number of carbonyl (C=O) groups excluding carboxylic acids is 3. The maximum Gasteiger partial charge on any atom is 0.288 e. The number of amides is 1. The van der Waals surface area contributed by atoms with Crippen LogP contribution in [0.15, 0.2) is 41.3 Å². The number of halogens is 2. The van der Waals surface area contributed by atoms with Crippen molar-refractivity contribution in [3.8, 4) is 0 Å². The highest BCUT2D eigenvalue weighted by atomic mass is 32.2. The highest BCUT2D eigenvalue weighted by molar-refractivity contribution is 8.26.